The lowest BCUT2D eigenvalue weighted by Gasteiger charge is -2.06. The number of carbonyl (C=O) groups excluding carboxylic acids is 1. The van der Waals surface area contributed by atoms with Crippen molar-refractivity contribution < 1.29 is 9.18 Å². The van der Waals surface area contributed by atoms with E-state index in [2.05, 4.69) is 10.3 Å². The fraction of sp³-hybridized carbons (Fsp3) is 0.0667. The standard InChI is InChI=1S/C15H10ClFN2OS2/c1-8-13(22-15(18-8)9-5-6-21-7-9)14(20)19-11-4-2-3-10(16)12(11)17/h2-7H,1H3,(H,19,20). The first-order chi connectivity index (χ1) is 10.6. The molecule has 1 N–H and O–H groups in total. The van der Waals surface area contributed by atoms with Crippen molar-refractivity contribution in [3.63, 3.8) is 0 Å². The van der Waals surface area contributed by atoms with Crippen molar-refractivity contribution in [1.29, 1.82) is 0 Å². The van der Waals surface area contributed by atoms with Crippen molar-refractivity contribution in [3.8, 4) is 10.6 Å². The van der Waals surface area contributed by atoms with Gasteiger partial charge in [0.15, 0.2) is 5.82 Å². The Balaban J connectivity index is 1.88. The van der Waals surface area contributed by atoms with Crippen molar-refractivity contribution in [2.24, 2.45) is 0 Å². The summed E-state index contributed by atoms with van der Waals surface area (Å²) in [6.45, 7) is 1.76. The summed E-state index contributed by atoms with van der Waals surface area (Å²) in [5.41, 5.74) is 1.65. The highest BCUT2D eigenvalue weighted by molar-refractivity contribution is 7.17. The van der Waals surface area contributed by atoms with Crippen LogP contribution in [0.1, 0.15) is 15.4 Å². The van der Waals surface area contributed by atoms with Gasteiger partial charge in [-0.05, 0) is 30.5 Å². The van der Waals surface area contributed by atoms with E-state index >= 15 is 0 Å². The number of carbonyl (C=O) groups is 1. The minimum absolute atomic E-state index is 0.0298. The van der Waals surface area contributed by atoms with Crippen LogP contribution in [0.2, 0.25) is 5.02 Å². The summed E-state index contributed by atoms with van der Waals surface area (Å²) in [5.74, 6) is -1.03. The van der Waals surface area contributed by atoms with E-state index in [4.69, 9.17) is 11.6 Å². The van der Waals surface area contributed by atoms with Gasteiger partial charge in [0, 0.05) is 10.9 Å². The van der Waals surface area contributed by atoms with Crippen LogP contribution in [-0.4, -0.2) is 10.9 Å². The van der Waals surface area contributed by atoms with Crippen LogP contribution in [0.3, 0.4) is 0 Å². The lowest BCUT2D eigenvalue weighted by Crippen LogP contribution is -2.12. The molecule has 22 heavy (non-hydrogen) atoms. The molecule has 0 aliphatic rings. The number of aromatic nitrogens is 1. The number of rotatable bonds is 3. The molecule has 112 valence electrons. The highest BCUT2D eigenvalue weighted by Crippen LogP contribution is 2.30. The maximum absolute atomic E-state index is 13.8. The van der Waals surface area contributed by atoms with E-state index in [9.17, 15) is 9.18 Å². The Labute approximate surface area is 139 Å². The summed E-state index contributed by atoms with van der Waals surface area (Å²) in [4.78, 5) is 17.2. The van der Waals surface area contributed by atoms with Gasteiger partial charge in [-0.3, -0.25) is 4.79 Å². The van der Waals surface area contributed by atoms with E-state index in [0.29, 0.717) is 10.6 Å². The van der Waals surface area contributed by atoms with Crippen LogP contribution in [0.15, 0.2) is 35.0 Å². The molecule has 3 nitrogen and oxygen atoms in total. The average molecular weight is 353 g/mol. The number of aryl methyl sites for hydroxylation is 1. The molecule has 2 heterocycles. The summed E-state index contributed by atoms with van der Waals surface area (Å²) in [6, 6.07) is 6.42. The molecule has 0 radical (unpaired) electrons. The molecular formula is C15H10ClFN2OS2. The Hall–Kier alpha value is -1.76. The van der Waals surface area contributed by atoms with E-state index in [1.807, 2.05) is 16.8 Å². The van der Waals surface area contributed by atoms with Crippen LogP contribution >= 0.6 is 34.3 Å². The van der Waals surface area contributed by atoms with Crippen molar-refractivity contribution in [2.45, 2.75) is 6.92 Å². The largest absolute Gasteiger partial charge is 0.319 e. The number of nitrogens with one attached hydrogen (secondary N) is 1. The third kappa shape index (κ3) is 2.90. The Morgan fingerprint density at radius 2 is 2.18 bits per heavy atom. The van der Waals surface area contributed by atoms with Crippen molar-refractivity contribution in [1.82, 2.24) is 4.98 Å². The Morgan fingerprint density at radius 3 is 2.91 bits per heavy atom. The van der Waals surface area contributed by atoms with E-state index in [-0.39, 0.29) is 10.7 Å². The number of hydrogen-bond acceptors (Lipinski definition) is 4. The second kappa shape index (κ2) is 6.16. The van der Waals surface area contributed by atoms with E-state index in [1.165, 1.54) is 23.5 Å². The van der Waals surface area contributed by atoms with E-state index in [0.717, 1.165) is 10.6 Å². The van der Waals surface area contributed by atoms with Gasteiger partial charge in [0.2, 0.25) is 0 Å². The molecule has 0 spiro atoms. The second-order valence-corrected chi connectivity index (χ2v) is 6.69. The number of anilines is 1. The molecule has 2 aromatic heterocycles. The van der Waals surface area contributed by atoms with Crippen LogP contribution in [0.4, 0.5) is 10.1 Å². The third-order valence-electron chi connectivity index (χ3n) is 2.97. The molecule has 0 aliphatic heterocycles. The molecule has 7 heteroatoms. The lowest BCUT2D eigenvalue weighted by atomic mass is 10.3. The smallest absolute Gasteiger partial charge is 0.267 e. The van der Waals surface area contributed by atoms with Crippen LogP contribution in [-0.2, 0) is 0 Å². The lowest BCUT2D eigenvalue weighted by molar-refractivity contribution is 0.102. The maximum Gasteiger partial charge on any atom is 0.267 e. The first-order valence-electron chi connectivity index (χ1n) is 6.31. The zero-order chi connectivity index (χ0) is 15.7. The fourth-order valence-electron chi connectivity index (χ4n) is 1.90. The number of thiazole rings is 1. The molecular weight excluding hydrogens is 343 g/mol. The Bertz CT molecular complexity index is 830. The molecule has 0 fully saturated rings. The van der Waals surface area contributed by atoms with Crippen LogP contribution in [0.5, 0.6) is 0 Å². The predicted molar refractivity (Wildman–Crippen MR) is 89.5 cm³/mol. The van der Waals surface area contributed by atoms with Gasteiger partial charge in [0.05, 0.1) is 16.4 Å². The Morgan fingerprint density at radius 1 is 1.36 bits per heavy atom. The summed E-state index contributed by atoms with van der Waals surface area (Å²) >= 11 is 8.56. The molecule has 0 unspecified atom stereocenters. The van der Waals surface area contributed by atoms with Crippen molar-refractivity contribution in [2.75, 3.05) is 5.32 Å². The highest BCUT2D eigenvalue weighted by atomic mass is 35.5. The predicted octanol–water partition coefficient (Wildman–Crippen LogP) is 5.22. The third-order valence-corrected chi connectivity index (χ3v) is 5.15. The number of amides is 1. The van der Waals surface area contributed by atoms with Crippen LogP contribution in [0, 0.1) is 12.7 Å². The minimum Gasteiger partial charge on any atom is -0.319 e. The molecule has 0 atom stereocenters. The maximum atomic E-state index is 13.8. The topological polar surface area (TPSA) is 42.0 Å². The average Bonchev–Trinajstić information content (AvgIpc) is 3.13. The summed E-state index contributed by atoms with van der Waals surface area (Å²) in [5, 5.41) is 7.21. The quantitative estimate of drug-likeness (QED) is 0.701. The number of hydrogen-bond donors (Lipinski definition) is 1. The molecule has 0 saturated heterocycles. The summed E-state index contributed by atoms with van der Waals surface area (Å²) in [7, 11) is 0. The van der Waals surface area contributed by atoms with Gasteiger partial charge in [-0.15, -0.1) is 11.3 Å². The van der Waals surface area contributed by atoms with Gasteiger partial charge in [-0.2, -0.15) is 11.3 Å². The van der Waals surface area contributed by atoms with E-state index < -0.39 is 11.7 Å². The van der Waals surface area contributed by atoms with Gasteiger partial charge in [0.25, 0.3) is 5.91 Å². The molecule has 3 aromatic rings. The number of benzene rings is 1. The minimum atomic E-state index is -0.641. The van der Waals surface area contributed by atoms with Crippen molar-refractivity contribution >= 4 is 45.9 Å². The molecule has 1 amide bonds. The van der Waals surface area contributed by atoms with Gasteiger partial charge >= 0.3 is 0 Å². The van der Waals surface area contributed by atoms with Gasteiger partial charge in [0.1, 0.15) is 9.88 Å². The van der Waals surface area contributed by atoms with Gasteiger partial charge in [-0.25, -0.2) is 9.37 Å². The molecule has 0 saturated carbocycles. The fourth-order valence-corrected chi connectivity index (χ4v) is 3.74. The van der Waals surface area contributed by atoms with Crippen molar-refractivity contribution in [3.05, 3.63) is 56.4 Å². The number of nitrogens with zero attached hydrogens (tertiary/aromatic N) is 1. The Kier molecular flexibility index (Phi) is 4.24. The summed E-state index contributed by atoms with van der Waals surface area (Å²) in [6.07, 6.45) is 0. The van der Waals surface area contributed by atoms with Gasteiger partial charge < -0.3 is 5.32 Å². The van der Waals surface area contributed by atoms with Gasteiger partial charge in [-0.1, -0.05) is 17.7 Å². The first-order valence-corrected chi connectivity index (χ1v) is 8.45. The second-order valence-electron chi connectivity index (χ2n) is 4.50. The van der Waals surface area contributed by atoms with E-state index in [1.54, 1.807) is 24.3 Å². The van der Waals surface area contributed by atoms with Crippen LogP contribution in [0.25, 0.3) is 10.6 Å². The summed E-state index contributed by atoms with van der Waals surface area (Å²) < 4.78 is 13.8. The van der Waals surface area contributed by atoms with Crippen LogP contribution < -0.4 is 5.32 Å². The zero-order valence-corrected chi connectivity index (χ0v) is 13.8. The zero-order valence-electron chi connectivity index (χ0n) is 11.4. The number of thiophene rings is 1. The first kappa shape index (κ1) is 15.1. The monoisotopic (exact) mass is 352 g/mol. The molecule has 1 aromatic carbocycles. The molecule has 0 aliphatic carbocycles. The molecule has 3 rings (SSSR count). The SMILES string of the molecule is Cc1nc(-c2ccsc2)sc1C(=O)Nc1cccc(Cl)c1F. The molecule has 0 bridgehead atoms. The normalized spacial score (nSPS) is 10.7. The highest BCUT2D eigenvalue weighted by Gasteiger charge is 2.18. The number of halogens is 2.